The summed E-state index contributed by atoms with van der Waals surface area (Å²) in [6.45, 7) is 7.79. The number of nitrogens with one attached hydrogen (secondary N) is 4. The van der Waals surface area contributed by atoms with Crippen LogP contribution in [0.15, 0.2) is 97.1 Å². The van der Waals surface area contributed by atoms with E-state index in [0.29, 0.717) is 24.1 Å². The Kier molecular flexibility index (Phi) is 11.4. The molecule has 11 nitrogen and oxygen atoms in total. The third kappa shape index (κ3) is 8.49. The molecule has 0 fully saturated rings. The number of hydrogen-bond donors (Lipinski definition) is 4. The number of carbonyl (C=O) groups excluding carboxylic acids is 3. The van der Waals surface area contributed by atoms with Gasteiger partial charge in [-0.2, -0.15) is 0 Å². The maximum atomic E-state index is 12.9. The fourth-order valence-electron chi connectivity index (χ4n) is 7.39. The summed E-state index contributed by atoms with van der Waals surface area (Å²) in [4.78, 5) is 42.0. The summed E-state index contributed by atoms with van der Waals surface area (Å²) in [6, 6.07) is 30.0. The Morgan fingerprint density at radius 2 is 1.08 bits per heavy atom. The lowest BCUT2D eigenvalue weighted by Crippen LogP contribution is -2.44. The highest BCUT2D eigenvalue weighted by molar-refractivity contribution is 7.92. The maximum absolute atomic E-state index is 12.9. The molecule has 2 aliphatic rings. The lowest BCUT2D eigenvalue weighted by atomic mass is 9.91. The fourth-order valence-corrected chi connectivity index (χ4v) is 8.35. The Morgan fingerprint density at radius 3 is 1.55 bits per heavy atom. The Morgan fingerprint density at radius 1 is 0.642 bits per heavy atom. The molecule has 4 atom stereocenters. The van der Waals surface area contributed by atoms with Crippen molar-refractivity contribution in [2.75, 3.05) is 37.5 Å². The van der Waals surface area contributed by atoms with Crippen LogP contribution in [-0.4, -0.2) is 50.5 Å². The maximum Gasteiger partial charge on any atom is 0.251 e. The number of amides is 3. The van der Waals surface area contributed by atoms with Crippen LogP contribution in [-0.2, 0) is 19.6 Å². The molecule has 0 aromatic heterocycles. The summed E-state index contributed by atoms with van der Waals surface area (Å²) in [6.07, 6.45) is 2.36. The molecule has 0 saturated heterocycles. The summed E-state index contributed by atoms with van der Waals surface area (Å²) >= 11 is 0. The largest absolute Gasteiger partial charge is 0.378 e. The lowest BCUT2D eigenvalue weighted by Gasteiger charge is -2.40. The highest BCUT2D eigenvalue weighted by atomic mass is 32.2. The fraction of sp³-hybridized carbons (Fsp3) is 0.341. The molecule has 4 aromatic rings. The predicted molar refractivity (Wildman–Crippen MR) is 212 cm³/mol. The summed E-state index contributed by atoms with van der Waals surface area (Å²) in [5, 5.41) is 9.83. The first kappa shape index (κ1) is 37.4. The van der Waals surface area contributed by atoms with E-state index >= 15 is 0 Å². The van der Waals surface area contributed by atoms with Crippen molar-refractivity contribution in [1.29, 1.82) is 0 Å². The van der Waals surface area contributed by atoms with Crippen molar-refractivity contribution < 1.29 is 22.8 Å². The molecular weight excluding hydrogens is 689 g/mol. The average molecular weight is 737 g/mol. The smallest absolute Gasteiger partial charge is 0.251 e. The second-order valence-corrected chi connectivity index (χ2v) is 15.6. The highest BCUT2D eigenvalue weighted by Gasteiger charge is 2.34. The first-order chi connectivity index (χ1) is 25.5. The van der Waals surface area contributed by atoms with Gasteiger partial charge in [-0.25, -0.2) is 8.42 Å². The van der Waals surface area contributed by atoms with Crippen LogP contribution in [0.4, 0.5) is 28.4 Å². The van der Waals surface area contributed by atoms with Gasteiger partial charge in [-0.3, -0.25) is 19.1 Å². The second kappa shape index (κ2) is 16.1. The van der Waals surface area contributed by atoms with Gasteiger partial charge in [0.05, 0.1) is 17.8 Å². The van der Waals surface area contributed by atoms with E-state index in [4.69, 9.17) is 0 Å². The molecule has 4 N–H and O–H groups in total. The van der Waals surface area contributed by atoms with Gasteiger partial charge in [-0.05, 0) is 98.5 Å². The van der Waals surface area contributed by atoms with Gasteiger partial charge in [0, 0.05) is 65.5 Å². The summed E-state index contributed by atoms with van der Waals surface area (Å²) < 4.78 is 28.4. The first-order valence-corrected chi connectivity index (χ1v) is 20.0. The normalized spacial score (nSPS) is 19.4. The molecule has 3 amide bonds. The number of carbonyl (C=O) groups is 3. The quantitative estimate of drug-likeness (QED) is 0.120. The standard InChI is InChI=1S/C41H48N6O5S/c1-5-39(48)46-27(3)25-35(33-11-7-9-13-37(33)46)43-30-17-15-29(16-18-30)41(50)42-23-24-53(51,52)45-32-21-19-31(20-22-32)44-36-26-28(4)47(40(49)6-2)38-14-10-8-12-34(36)38/h7-22,27-28,35-36,43-45H,5-6,23-26H2,1-4H3,(H,42,50)/t27-,28-,35+,36+/m0/s1. The van der Waals surface area contributed by atoms with Gasteiger partial charge in [-0.15, -0.1) is 0 Å². The molecule has 0 spiro atoms. The number of sulfonamides is 1. The van der Waals surface area contributed by atoms with E-state index in [1.54, 1.807) is 24.3 Å². The average Bonchev–Trinajstić information content (AvgIpc) is 3.15. The van der Waals surface area contributed by atoms with Crippen molar-refractivity contribution in [1.82, 2.24) is 5.32 Å². The predicted octanol–water partition coefficient (Wildman–Crippen LogP) is 7.24. The molecule has 12 heteroatoms. The molecule has 0 bridgehead atoms. The van der Waals surface area contributed by atoms with Gasteiger partial charge >= 0.3 is 0 Å². The third-order valence-electron chi connectivity index (χ3n) is 9.96. The van der Waals surface area contributed by atoms with E-state index in [0.717, 1.165) is 46.7 Å². The molecule has 2 heterocycles. The molecule has 278 valence electrons. The van der Waals surface area contributed by atoms with Gasteiger partial charge in [0.15, 0.2) is 0 Å². The van der Waals surface area contributed by atoms with E-state index in [1.807, 2.05) is 96.4 Å². The summed E-state index contributed by atoms with van der Waals surface area (Å²) in [5.74, 6) is -0.466. The van der Waals surface area contributed by atoms with Gasteiger partial charge < -0.3 is 25.8 Å². The van der Waals surface area contributed by atoms with Crippen molar-refractivity contribution in [2.24, 2.45) is 0 Å². The van der Waals surface area contributed by atoms with Crippen LogP contribution in [0, 0.1) is 0 Å². The number of benzene rings is 4. The first-order valence-electron chi connectivity index (χ1n) is 18.3. The summed E-state index contributed by atoms with van der Waals surface area (Å²) in [5.41, 5.74) is 6.43. The zero-order valence-corrected chi connectivity index (χ0v) is 31.5. The summed E-state index contributed by atoms with van der Waals surface area (Å²) in [7, 11) is -3.74. The lowest BCUT2D eigenvalue weighted by molar-refractivity contribution is -0.119. The van der Waals surface area contributed by atoms with Gasteiger partial charge in [0.25, 0.3) is 5.91 Å². The van der Waals surface area contributed by atoms with Crippen LogP contribution >= 0.6 is 0 Å². The number of anilines is 5. The van der Waals surface area contributed by atoms with Gasteiger partial charge in [0.2, 0.25) is 21.8 Å². The highest BCUT2D eigenvalue weighted by Crippen LogP contribution is 2.40. The molecule has 2 aliphatic heterocycles. The molecule has 53 heavy (non-hydrogen) atoms. The molecular formula is C41H48N6O5S. The molecule has 0 radical (unpaired) electrons. The van der Waals surface area contributed by atoms with Crippen LogP contribution < -0.4 is 30.5 Å². The van der Waals surface area contributed by atoms with Crippen LogP contribution in [0.1, 0.15) is 86.9 Å². The Hall–Kier alpha value is -5.36. The monoisotopic (exact) mass is 736 g/mol. The Balaban J connectivity index is 0.995. The molecule has 0 aliphatic carbocycles. The van der Waals surface area contributed by atoms with E-state index in [9.17, 15) is 22.8 Å². The van der Waals surface area contributed by atoms with Crippen molar-refractivity contribution in [3.8, 4) is 0 Å². The van der Waals surface area contributed by atoms with Crippen molar-refractivity contribution in [2.45, 2.75) is 77.5 Å². The van der Waals surface area contributed by atoms with E-state index in [2.05, 4.69) is 34.5 Å². The second-order valence-electron chi connectivity index (χ2n) is 13.7. The third-order valence-corrected chi connectivity index (χ3v) is 11.3. The minimum Gasteiger partial charge on any atom is -0.378 e. The number of rotatable bonds is 12. The van der Waals surface area contributed by atoms with Gasteiger partial charge in [0.1, 0.15) is 0 Å². The van der Waals surface area contributed by atoms with Crippen LogP contribution in [0.3, 0.4) is 0 Å². The van der Waals surface area contributed by atoms with Crippen LogP contribution in [0.5, 0.6) is 0 Å². The Labute approximate surface area is 312 Å². The van der Waals surface area contributed by atoms with E-state index in [1.165, 1.54) is 0 Å². The molecule has 6 rings (SSSR count). The SMILES string of the molecule is CCC(=O)N1c2ccccc2[C@H](Nc2ccc(NS(=O)(=O)CCNC(=O)c3ccc(N[C@@H]4C[C@H](C)N(C(=O)CC)c5ccccc54)cc3)cc2)C[C@@H]1C. The van der Waals surface area contributed by atoms with Gasteiger partial charge in [-0.1, -0.05) is 50.2 Å². The Bertz CT molecular complexity index is 2050. The van der Waals surface area contributed by atoms with Crippen molar-refractivity contribution in [3.63, 3.8) is 0 Å². The van der Waals surface area contributed by atoms with E-state index in [-0.39, 0.29) is 54.2 Å². The van der Waals surface area contributed by atoms with Crippen LogP contribution in [0.25, 0.3) is 0 Å². The van der Waals surface area contributed by atoms with Crippen LogP contribution in [0.2, 0.25) is 0 Å². The molecule has 4 aromatic carbocycles. The minimum atomic E-state index is -3.74. The number of para-hydroxylation sites is 2. The zero-order valence-electron chi connectivity index (χ0n) is 30.6. The molecule has 0 saturated carbocycles. The van der Waals surface area contributed by atoms with Crippen molar-refractivity contribution >= 4 is 56.2 Å². The topological polar surface area (TPSA) is 140 Å². The number of hydrogen-bond acceptors (Lipinski definition) is 7. The van der Waals surface area contributed by atoms with E-state index < -0.39 is 10.0 Å². The number of fused-ring (bicyclic) bond motifs is 2. The molecule has 0 unspecified atom stereocenters. The minimum absolute atomic E-state index is 0.00460. The number of nitrogens with zero attached hydrogens (tertiary/aromatic N) is 2. The zero-order chi connectivity index (χ0) is 37.7. The van der Waals surface area contributed by atoms with Crippen molar-refractivity contribution in [3.05, 3.63) is 114 Å².